The van der Waals surface area contributed by atoms with Crippen molar-refractivity contribution in [1.29, 1.82) is 0 Å². The molecule has 88 valence electrons. The van der Waals surface area contributed by atoms with Crippen LogP contribution in [0.4, 0.5) is 0 Å². The molecule has 17 heavy (non-hydrogen) atoms. The lowest BCUT2D eigenvalue weighted by atomic mass is 10.3. The van der Waals surface area contributed by atoms with Crippen LogP contribution in [0.3, 0.4) is 0 Å². The van der Waals surface area contributed by atoms with Crippen LogP contribution in [0.5, 0.6) is 0 Å². The molecule has 1 heterocycles. The molecule has 1 aromatic heterocycles. The average molecular weight is 234 g/mol. The van der Waals surface area contributed by atoms with Crippen molar-refractivity contribution in [3.05, 3.63) is 42.2 Å². The molecule has 2 amide bonds. The zero-order chi connectivity index (χ0) is 12.7. The fourth-order valence-corrected chi connectivity index (χ4v) is 0.879. The molecule has 0 bridgehead atoms. The topological polar surface area (TPSA) is 111 Å². The van der Waals surface area contributed by atoms with Crippen molar-refractivity contribution in [2.45, 2.75) is 0 Å². The first kappa shape index (κ1) is 12.4. The molecule has 2 N–H and O–H groups in total. The van der Waals surface area contributed by atoms with Gasteiger partial charge in [-0.15, -0.1) is 0 Å². The maximum atomic E-state index is 11.4. The second kappa shape index (κ2) is 6.01. The molecule has 0 radical (unpaired) electrons. The third-order valence-corrected chi connectivity index (χ3v) is 1.61. The summed E-state index contributed by atoms with van der Waals surface area (Å²) in [5.74, 6) is -2.82. The molecule has 0 spiro atoms. The Kier molecular flexibility index (Phi) is 4.37. The van der Waals surface area contributed by atoms with E-state index in [1.165, 1.54) is 24.5 Å². The third-order valence-electron chi connectivity index (χ3n) is 1.61. The van der Waals surface area contributed by atoms with E-state index in [-0.39, 0.29) is 0 Å². The van der Waals surface area contributed by atoms with Gasteiger partial charge in [-0.1, -0.05) is 0 Å². The summed E-state index contributed by atoms with van der Waals surface area (Å²) in [6.45, 7) is 0. The van der Waals surface area contributed by atoms with Crippen molar-refractivity contribution >= 4 is 17.8 Å². The molecule has 7 nitrogen and oxygen atoms in total. The summed E-state index contributed by atoms with van der Waals surface area (Å²) in [6, 6.07) is 2.91. The van der Waals surface area contributed by atoms with E-state index in [2.05, 4.69) is 10.4 Å². The number of carboxylic acid groups (broad SMARTS) is 1. The minimum Gasteiger partial charge on any atom is -0.545 e. The summed E-state index contributed by atoms with van der Waals surface area (Å²) < 4.78 is 0. The number of nitrogens with one attached hydrogen (secondary N) is 2. The summed E-state index contributed by atoms with van der Waals surface area (Å²) >= 11 is 0. The maximum absolute atomic E-state index is 11.4. The van der Waals surface area contributed by atoms with Crippen LogP contribution in [0.25, 0.3) is 0 Å². The van der Waals surface area contributed by atoms with Crippen LogP contribution in [-0.2, 0) is 9.59 Å². The van der Waals surface area contributed by atoms with Crippen LogP contribution in [-0.4, -0.2) is 22.8 Å². The first-order valence-corrected chi connectivity index (χ1v) is 4.49. The van der Waals surface area contributed by atoms with E-state index < -0.39 is 17.8 Å². The van der Waals surface area contributed by atoms with Crippen molar-refractivity contribution < 1.29 is 19.5 Å². The van der Waals surface area contributed by atoms with Gasteiger partial charge in [0.2, 0.25) is 0 Å². The zero-order valence-corrected chi connectivity index (χ0v) is 8.54. The van der Waals surface area contributed by atoms with Gasteiger partial charge < -0.3 is 9.90 Å². The Hall–Kier alpha value is -2.70. The molecule has 0 saturated heterocycles. The van der Waals surface area contributed by atoms with E-state index in [4.69, 9.17) is 0 Å². The first-order chi connectivity index (χ1) is 8.09. The highest BCUT2D eigenvalue weighted by molar-refractivity contribution is 5.98. The molecule has 0 saturated carbocycles. The van der Waals surface area contributed by atoms with Crippen LogP contribution < -0.4 is 16.0 Å². The third kappa shape index (κ3) is 4.56. The molecule has 0 aromatic carbocycles. The smallest absolute Gasteiger partial charge is 0.269 e. The lowest BCUT2D eigenvalue weighted by Gasteiger charge is -2.04. The number of aliphatic carboxylic acids is 1. The number of hydrazine groups is 1. The minimum atomic E-state index is -1.50. The number of carboxylic acids is 1. The highest BCUT2D eigenvalue weighted by atomic mass is 16.4. The number of hydrogen-bond acceptors (Lipinski definition) is 5. The quantitative estimate of drug-likeness (QED) is 0.471. The van der Waals surface area contributed by atoms with Crippen LogP contribution in [0, 0.1) is 0 Å². The van der Waals surface area contributed by atoms with Gasteiger partial charge in [0.1, 0.15) is 0 Å². The molecule has 0 aliphatic heterocycles. The largest absolute Gasteiger partial charge is 0.545 e. The van der Waals surface area contributed by atoms with Gasteiger partial charge in [0.25, 0.3) is 11.8 Å². The summed E-state index contributed by atoms with van der Waals surface area (Å²) in [7, 11) is 0. The van der Waals surface area contributed by atoms with Gasteiger partial charge in [-0.25, -0.2) is 0 Å². The van der Waals surface area contributed by atoms with Gasteiger partial charge >= 0.3 is 0 Å². The van der Waals surface area contributed by atoms with Gasteiger partial charge in [0.15, 0.2) is 0 Å². The summed E-state index contributed by atoms with van der Waals surface area (Å²) in [5.41, 5.74) is 4.40. The van der Waals surface area contributed by atoms with Gasteiger partial charge in [-0.2, -0.15) is 0 Å². The van der Waals surface area contributed by atoms with E-state index in [1.807, 2.05) is 5.43 Å². The summed E-state index contributed by atoms with van der Waals surface area (Å²) in [5, 5.41) is 9.99. The molecular weight excluding hydrogens is 226 g/mol. The Morgan fingerprint density at radius 2 is 1.76 bits per heavy atom. The van der Waals surface area contributed by atoms with E-state index in [0.717, 1.165) is 6.08 Å². The Morgan fingerprint density at radius 3 is 2.35 bits per heavy atom. The monoisotopic (exact) mass is 234 g/mol. The van der Waals surface area contributed by atoms with Crippen molar-refractivity contribution in [3.63, 3.8) is 0 Å². The average Bonchev–Trinajstić information content (AvgIpc) is 2.34. The van der Waals surface area contributed by atoms with E-state index >= 15 is 0 Å². The van der Waals surface area contributed by atoms with Crippen molar-refractivity contribution in [1.82, 2.24) is 15.8 Å². The predicted molar refractivity (Wildman–Crippen MR) is 54.0 cm³/mol. The number of pyridine rings is 1. The van der Waals surface area contributed by atoms with Crippen molar-refractivity contribution in [3.8, 4) is 0 Å². The number of carbonyl (C=O) groups excluding carboxylic acids is 3. The summed E-state index contributed by atoms with van der Waals surface area (Å²) in [4.78, 5) is 36.1. The van der Waals surface area contributed by atoms with Gasteiger partial charge in [-0.05, 0) is 18.2 Å². The second-order valence-corrected chi connectivity index (χ2v) is 2.83. The number of rotatable bonds is 3. The van der Waals surface area contributed by atoms with E-state index in [9.17, 15) is 19.5 Å². The number of aromatic nitrogens is 1. The van der Waals surface area contributed by atoms with Crippen molar-refractivity contribution in [2.75, 3.05) is 0 Å². The number of hydrogen-bond donors (Lipinski definition) is 2. The lowest BCUT2D eigenvalue weighted by molar-refractivity contribution is -0.297. The van der Waals surface area contributed by atoms with Gasteiger partial charge in [0, 0.05) is 24.0 Å². The zero-order valence-electron chi connectivity index (χ0n) is 8.54. The highest BCUT2D eigenvalue weighted by Crippen LogP contribution is 1.94. The molecule has 7 heteroatoms. The van der Waals surface area contributed by atoms with Crippen molar-refractivity contribution in [2.24, 2.45) is 0 Å². The van der Waals surface area contributed by atoms with Gasteiger partial charge in [0.05, 0.1) is 5.97 Å². The SMILES string of the molecule is O=C([O-])C=CC(=O)NNC(=O)c1ccncc1. The fourth-order valence-electron chi connectivity index (χ4n) is 0.879. The van der Waals surface area contributed by atoms with Crippen LogP contribution in [0.15, 0.2) is 36.7 Å². The molecule has 1 rings (SSSR count). The molecule has 0 atom stereocenters. The second-order valence-electron chi connectivity index (χ2n) is 2.83. The molecule has 0 aliphatic carbocycles. The van der Waals surface area contributed by atoms with Crippen LogP contribution in [0.2, 0.25) is 0 Å². The Balaban J connectivity index is 2.44. The first-order valence-electron chi connectivity index (χ1n) is 4.49. The Morgan fingerprint density at radius 1 is 1.12 bits per heavy atom. The lowest BCUT2D eigenvalue weighted by Crippen LogP contribution is -2.41. The minimum absolute atomic E-state index is 0.309. The summed E-state index contributed by atoms with van der Waals surface area (Å²) in [6.07, 6.45) is 4.12. The van der Waals surface area contributed by atoms with Gasteiger partial charge in [-0.3, -0.25) is 25.4 Å². The number of nitrogens with zero attached hydrogens (tertiary/aromatic N) is 1. The number of amides is 2. The molecular formula is C10H8N3O4-. The maximum Gasteiger partial charge on any atom is 0.269 e. The predicted octanol–water partition coefficient (Wildman–Crippen LogP) is -1.85. The fraction of sp³-hybridized carbons (Fsp3) is 0. The molecule has 0 unspecified atom stereocenters. The molecule has 0 aliphatic rings. The number of carbonyl (C=O) groups is 3. The van der Waals surface area contributed by atoms with E-state index in [1.54, 1.807) is 0 Å². The van der Waals surface area contributed by atoms with E-state index in [0.29, 0.717) is 11.6 Å². The highest BCUT2D eigenvalue weighted by Gasteiger charge is 2.04. The Labute approximate surface area is 96.1 Å². The normalized spacial score (nSPS) is 9.88. The Bertz CT molecular complexity index is 456. The van der Waals surface area contributed by atoms with Crippen LogP contribution >= 0.6 is 0 Å². The molecule has 0 fully saturated rings. The standard InChI is InChI=1S/C10H9N3O4/c14-8(1-2-9(15)16)12-13-10(17)7-3-5-11-6-4-7/h1-6H,(H,12,14)(H,13,17)(H,15,16)/p-1. The molecule has 1 aromatic rings. The van der Waals surface area contributed by atoms with Crippen LogP contribution in [0.1, 0.15) is 10.4 Å².